The summed E-state index contributed by atoms with van der Waals surface area (Å²) in [5, 5.41) is 0. The van der Waals surface area contributed by atoms with Crippen LogP contribution in [0.3, 0.4) is 0 Å². The van der Waals surface area contributed by atoms with Gasteiger partial charge in [0.05, 0.1) is 6.42 Å². The number of fused-ring (bicyclic) bond motifs is 5. The second kappa shape index (κ2) is 10.3. The summed E-state index contributed by atoms with van der Waals surface area (Å²) in [6.07, 6.45) is 8.39. The highest BCUT2D eigenvalue weighted by Crippen LogP contribution is 2.70. The minimum absolute atomic E-state index is 0.0444. The first-order valence-corrected chi connectivity index (χ1v) is 14.2. The fourth-order valence-corrected chi connectivity index (χ4v) is 10.0. The SMILES string of the molecule is CC[C@H]1[C@@H](OC(C)=O)C2C3CC[C@H]([C@H](C)CC(=O)ON)[C@@]3(C)CCC2[C@@]2(C)CC[C@@H](OC(C)=O)C[C@@H]12. The van der Waals surface area contributed by atoms with Crippen LogP contribution >= 0.6 is 0 Å². The van der Waals surface area contributed by atoms with Gasteiger partial charge in [-0.25, -0.2) is 0 Å². The maximum Gasteiger partial charge on any atom is 0.324 e. The van der Waals surface area contributed by atoms with Gasteiger partial charge in [0.1, 0.15) is 12.2 Å². The van der Waals surface area contributed by atoms with Crippen molar-refractivity contribution in [1.82, 2.24) is 0 Å². The summed E-state index contributed by atoms with van der Waals surface area (Å²) in [6.45, 7) is 12.3. The predicted molar refractivity (Wildman–Crippen MR) is 135 cm³/mol. The van der Waals surface area contributed by atoms with E-state index in [1.807, 2.05) is 0 Å². The molecule has 3 unspecified atom stereocenters. The zero-order valence-corrected chi connectivity index (χ0v) is 23.1. The van der Waals surface area contributed by atoms with Crippen LogP contribution in [-0.4, -0.2) is 30.1 Å². The zero-order chi connectivity index (χ0) is 26.4. The Labute approximate surface area is 216 Å². The number of ether oxygens (including phenoxy) is 2. The van der Waals surface area contributed by atoms with E-state index in [0.29, 0.717) is 36.0 Å². The minimum atomic E-state index is -0.343. The summed E-state index contributed by atoms with van der Waals surface area (Å²) in [5.74, 6) is 6.91. The third-order valence-electron chi connectivity index (χ3n) is 11.4. The van der Waals surface area contributed by atoms with Crippen LogP contribution in [0.5, 0.6) is 0 Å². The van der Waals surface area contributed by atoms with Crippen LogP contribution < -0.4 is 5.90 Å². The molecule has 0 aromatic rings. The standard InChI is InChI=1S/C29H47NO6/c1-7-20-24-15-19(34-17(3)31)10-12-29(24,6)23-11-13-28(5)21(16(2)14-25(33)36-30)8-9-22(28)26(23)27(20)35-18(4)32/h16,19-24,26-27H,7-15,30H2,1-6H3/t16-,19-,20-,21-,22?,23?,24+,26?,27-,28-,29-/m1/s1. The third kappa shape index (κ3) is 4.58. The summed E-state index contributed by atoms with van der Waals surface area (Å²) in [6, 6.07) is 0. The van der Waals surface area contributed by atoms with Crippen molar-refractivity contribution < 1.29 is 28.7 Å². The molecule has 0 bridgehead atoms. The molecule has 4 saturated carbocycles. The molecule has 4 aliphatic rings. The van der Waals surface area contributed by atoms with E-state index >= 15 is 0 Å². The van der Waals surface area contributed by atoms with Crippen molar-refractivity contribution in [2.24, 2.45) is 58.2 Å². The van der Waals surface area contributed by atoms with Crippen molar-refractivity contribution >= 4 is 17.9 Å². The second-order valence-corrected chi connectivity index (χ2v) is 13.0. The van der Waals surface area contributed by atoms with Crippen molar-refractivity contribution in [2.75, 3.05) is 0 Å². The molecule has 0 radical (unpaired) electrons. The Hall–Kier alpha value is -1.63. The normalized spacial score (nSPS) is 44.4. The molecule has 0 aromatic carbocycles. The van der Waals surface area contributed by atoms with Crippen LogP contribution in [0.15, 0.2) is 0 Å². The van der Waals surface area contributed by atoms with Crippen LogP contribution in [0, 0.1) is 52.3 Å². The van der Waals surface area contributed by atoms with Gasteiger partial charge in [-0.1, -0.05) is 27.7 Å². The van der Waals surface area contributed by atoms with Gasteiger partial charge in [0.25, 0.3) is 0 Å². The monoisotopic (exact) mass is 505 g/mol. The van der Waals surface area contributed by atoms with E-state index in [2.05, 4.69) is 32.5 Å². The molecule has 0 spiro atoms. The van der Waals surface area contributed by atoms with E-state index in [9.17, 15) is 14.4 Å². The molecule has 0 aliphatic heterocycles. The number of carbonyl (C=O) groups excluding carboxylic acids is 3. The zero-order valence-electron chi connectivity index (χ0n) is 23.1. The summed E-state index contributed by atoms with van der Waals surface area (Å²) in [5.41, 5.74) is 0.247. The molecular formula is C29H47NO6. The number of hydrogen-bond acceptors (Lipinski definition) is 7. The molecule has 36 heavy (non-hydrogen) atoms. The van der Waals surface area contributed by atoms with Crippen LogP contribution in [0.2, 0.25) is 0 Å². The van der Waals surface area contributed by atoms with Crippen molar-refractivity contribution in [3.05, 3.63) is 0 Å². The molecule has 11 atom stereocenters. The molecule has 7 heteroatoms. The van der Waals surface area contributed by atoms with Crippen molar-refractivity contribution in [1.29, 1.82) is 0 Å². The second-order valence-electron chi connectivity index (χ2n) is 13.0. The first kappa shape index (κ1) is 27.4. The maximum atomic E-state index is 12.4. The fraction of sp³-hybridized carbons (Fsp3) is 0.897. The summed E-state index contributed by atoms with van der Waals surface area (Å²) < 4.78 is 12.0. The number of rotatable bonds is 6. The Bertz CT molecular complexity index is 861. The number of hydrogen-bond donors (Lipinski definition) is 1. The van der Waals surface area contributed by atoms with E-state index in [1.54, 1.807) is 0 Å². The number of carbonyl (C=O) groups is 3. The number of nitrogens with two attached hydrogens (primary N) is 1. The predicted octanol–water partition coefficient (Wildman–Crippen LogP) is 5.20. The lowest BCUT2D eigenvalue weighted by atomic mass is 9.41. The lowest BCUT2D eigenvalue weighted by Gasteiger charge is -2.65. The molecule has 7 nitrogen and oxygen atoms in total. The lowest BCUT2D eigenvalue weighted by molar-refractivity contribution is -0.219. The molecule has 4 fully saturated rings. The number of esters is 2. The van der Waals surface area contributed by atoms with Gasteiger partial charge < -0.3 is 14.3 Å². The van der Waals surface area contributed by atoms with Gasteiger partial charge in [0.15, 0.2) is 0 Å². The molecular weight excluding hydrogens is 458 g/mol. The topological polar surface area (TPSA) is 105 Å². The molecule has 204 valence electrons. The smallest absolute Gasteiger partial charge is 0.324 e. The van der Waals surface area contributed by atoms with E-state index in [1.165, 1.54) is 13.8 Å². The van der Waals surface area contributed by atoms with Gasteiger partial charge >= 0.3 is 17.9 Å². The highest BCUT2D eigenvalue weighted by molar-refractivity contribution is 5.69. The summed E-state index contributed by atoms with van der Waals surface area (Å²) in [4.78, 5) is 40.7. The van der Waals surface area contributed by atoms with E-state index < -0.39 is 0 Å². The van der Waals surface area contributed by atoms with Crippen LogP contribution in [0.1, 0.15) is 99.3 Å². The Balaban J connectivity index is 1.68. The Morgan fingerprint density at radius 1 is 0.917 bits per heavy atom. The van der Waals surface area contributed by atoms with Crippen LogP contribution in [0.4, 0.5) is 0 Å². The fourth-order valence-electron chi connectivity index (χ4n) is 10.0. The maximum absolute atomic E-state index is 12.4. The molecule has 0 amide bonds. The van der Waals surface area contributed by atoms with Gasteiger partial charge in [-0.3, -0.25) is 14.4 Å². The Kier molecular flexibility index (Phi) is 7.81. The third-order valence-corrected chi connectivity index (χ3v) is 11.4. The van der Waals surface area contributed by atoms with Crippen molar-refractivity contribution in [3.8, 4) is 0 Å². The molecule has 4 aliphatic carbocycles. The van der Waals surface area contributed by atoms with Crippen molar-refractivity contribution in [2.45, 2.75) is 112 Å². The van der Waals surface area contributed by atoms with Gasteiger partial charge in [0, 0.05) is 19.8 Å². The molecule has 0 heterocycles. The largest absolute Gasteiger partial charge is 0.463 e. The van der Waals surface area contributed by atoms with Gasteiger partial charge in [-0.15, -0.1) is 0 Å². The minimum Gasteiger partial charge on any atom is -0.463 e. The first-order chi connectivity index (χ1) is 17.0. The highest BCUT2D eigenvalue weighted by Gasteiger charge is 2.66. The Morgan fingerprint density at radius 2 is 1.56 bits per heavy atom. The lowest BCUT2D eigenvalue weighted by Crippen LogP contribution is -2.63. The van der Waals surface area contributed by atoms with E-state index in [-0.39, 0.29) is 52.8 Å². The van der Waals surface area contributed by atoms with Gasteiger partial charge in [-0.2, -0.15) is 5.90 Å². The van der Waals surface area contributed by atoms with E-state index in [4.69, 9.17) is 15.4 Å². The van der Waals surface area contributed by atoms with Gasteiger partial charge in [0.2, 0.25) is 0 Å². The van der Waals surface area contributed by atoms with Gasteiger partial charge in [-0.05, 0) is 97.7 Å². The molecule has 0 saturated heterocycles. The molecule has 4 rings (SSSR count). The average molecular weight is 506 g/mol. The average Bonchev–Trinajstić information content (AvgIpc) is 3.16. The van der Waals surface area contributed by atoms with Crippen LogP contribution in [0.25, 0.3) is 0 Å². The highest BCUT2D eigenvalue weighted by atomic mass is 16.7. The summed E-state index contributed by atoms with van der Waals surface area (Å²) >= 11 is 0. The quantitative estimate of drug-likeness (QED) is 0.391. The molecule has 0 aromatic heterocycles. The van der Waals surface area contributed by atoms with Crippen LogP contribution in [-0.2, 0) is 28.7 Å². The van der Waals surface area contributed by atoms with Crippen molar-refractivity contribution in [3.63, 3.8) is 0 Å². The summed E-state index contributed by atoms with van der Waals surface area (Å²) in [7, 11) is 0. The molecule has 2 N–H and O–H groups in total. The van der Waals surface area contributed by atoms with E-state index in [0.717, 1.165) is 51.4 Å². The Morgan fingerprint density at radius 3 is 2.17 bits per heavy atom. The first-order valence-electron chi connectivity index (χ1n) is 14.2.